The number of ether oxygens (including phenoxy) is 1. The van der Waals surface area contributed by atoms with Gasteiger partial charge in [0, 0.05) is 17.3 Å². The van der Waals surface area contributed by atoms with Gasteiger partial charge in [0.15, 0.2) is 0 Å². The highest BCUT2D eigenvalue weighted by atomic mass is 19.3. The first kappa shape index (κ1) is 13.3. The number of nitrogens with two attached hydrogens (primary N) is 1. The monoisotopic (exact) mass is 286 g/mol. The van der Waals surface area contributed by atoms with Crippen molar-refractivity contribution >= 4 is 16.6 Å². The second kappa shape index (κ2) is 5.36. The van der Waals surface area contributed by atoms with E-state index in [1.807, 2.05) is 12.1 Å². The highest BCUT2D eigenvalue weighted by Gasteiger charge is 2.16. The van der Waals surface area contributed by atoms with Crippen LogP contribution < -0.4 is 10.5 Å². The van der Waals surface area contributed by atoms with E-state index in [-0.39, 0.29) is 17.0 Å². The number of anilines is 1. The predicted molar refractivity (Wildman–Crippen MR) is 77.6 cm³/mol. The van der Waals surface area contributed by atoms with Gasteiger partial charge in [-0.2, -0.15) is 0 Å². The van der Waals surface area contributed by atoms with Crippen LogP contribution in [0.15, 0.2) is 54.7 Å². The molecule has 5 heteroatoms. The molecule has 0 atom stereocenters. The average molecular weight is 286 g/mol. The van der Waals surface area contributed by atoms with Crippen molar-refractivity contribution < 1.29 is 13.5 Å². The molecule has 0 aliphatic carbocycles. The number of nitrogen functional groups attached to an aromatic ring is 1. The van der Waals surface area contributed by atoms with Crippen LogP contribution in [0, 0.1) is 0 Å². The van der Waals surface area contributed by atoms with Gasteiger partial charge in [-0.1, -0.05) is 6.07 Å². The Balaban J connectivity index is 2.07. The first-order valence-corrected chi connectivity index (χ1v) is 6.34. The molecular weight excluding hydrogens is 274 g/mol. The van der Waals surface area contributed by atoms with Crippen LogP contribution in [0.4, 0.5) is 14.5 Å². The summed E-state index contributed by atoms with van der Waals surface area (Å²) in [5, 5.41) is 0.761. The van der Waals surface area contributed by atoms with Gasteiger partial charge in [-0.3, -0.25) is 4.98 Å². The number of rotatable bonds is 3. The van der Waals surface area contributed by atoms with Crippen molar-refractivity contribution in [3.8, 4) is 11.5 Å². The van der Waals surface area contributed by atoms with Crippen LogP contribution >= 0.6 is 0 Å². The maximum atomic E-state index is 13.1. The minimum absolute atomic E-state index is 0.0931. The fourth-order valence-corrected chi connectivity index (χ4v) is 2.11. The summed E-state index contributed by atoms with van der Waals surface area (Å²) in [6, 6.07) is 13.1. The zero-order valence-corrected chi connectivity index (χ0v) is 11.0. The predicted octanol–water partition coefficient (Wildman–Crippen LogP) is 4.55. The largest absolute Gasteiger partial charge is 0.456 e. The van der Waals surface area contributed by atoms with Gasteiger partial charge in [0.1, 0.15) is 11.5 Å². The van der Waals surface area contributed by atoms with Crippen LogP contribution in [0.5, 0.6) is 11.5 Å². The summed E-state index contributed by atoms with van der Waals surface area (Å²) in [6.07, 6.45) is -0.989. The lowest BCUT2D eigenvalue weighted by atomic mass is 10.1. The Morgan fingerprint density at radius 3 is 2.67 bits per heavy atom. The minimum atomic E-state index is -2.66. The number of alkyl halides is 2. The van der Waals surface area contributed by atoms with Crippen molar-refractivity contribution in [1.29, 1.82) is 0 Å². The van der Waals surface area contributed by atoms with E-state index < -0.39 is 6.43 Å². The van der Waals surface area contributed by atoms with Crippen LogP contribution in [0.3, 0.4) is 0 Å². The molecule has 0 aliphatic heterocycles. The number of fused-ring (bicyclic) bond motifs is 1. The van der Waals surface area contributed by atoms with Crippen LogP contribution in [-0.2, 0) is 0 Å². The number of halogens is 2. The lowest BCUT2D eigenvalue weighted by molar-refractivity contribution is 0.148. The second-order valence-electron chi connectivity index (χ2n) is 4.53. The van der Waals surface area contributed by atoms with E-state index in [4.69, 9.17) is 10.5 Å². The summed E-state index contributed by atoms with van der Waals surface area (Å²) in [5.41, 5.74) is 6.34. The molecule has 2 aromatic carbocycles. The standard InChI is InChI=1S/C16H12F2N2O/c17-16(18)12-9-10(19)6-7-15(12)21-14-5-1-4-13-11(14)3-2-8-20-13/h1-9,16H,19H2. The second-order valence-corrected chi connectivity index (χ2v) is 4.53. The van der Waals surface area contributed by atoms with Gasteiger partial charge >= 0.3 is 0 Å². The summed E-state index contributed by atoms with van der Waals surface area (Å²) < 4.78 is 31.8. The van der Waals surface area contributed by atoms with Gasteiger partial charge < -0.3 is 10.5 Å². The van der Waals surface area contributed by atoms with Crippen molar-refractivity contribution in [2.45, 2.75) is 6.43 Å². The van der Waals surface area contributed by atoms with Crippen molar-refractivity contribution in [3.63, 3.8) is 0 Å². The number of hydrogen-bond acceptors (Lipinski definition) is 3. The summed E-state index contributed by atoms with van der Waals surface area (Å²) in [5.74, 6) is 0.572. The number of nitrogens with zero attached hydrogens (tertiary/aromatic N) is 1. The Morgan fingerprint density at radius 1 is 1.00 bits per heavy atom. The lowest BCUT2D eigenvalue weighted by Crippen LogP contribution is -1.95. The van der Waals surface area contributed by atoms with Gasteiger partial charge in [0.05, 0.1) is 11.1 Å². The Labute approximate surface area is 120 Å². The SMILES string of the molecule is Nc1ccc(Oc2cccc3ncccc23)c(C(F)F)c1. The molecule has 0 spiro atoms. The number of aromatic nitrogens is 1. The van der Waals surface area contributed by atoms with E-state index >= 15 is 0 Å². The molecule has 0 amide bonds. The third kappa shape index (κ3) is 2.63. The maximum Gasteiger partial charge on any atom is 0.267 e. The summed E-state index contributed by atoms with van der Waals surface area (Å²) >= 11 is 0. The minimum Gasteiger partial charge on any atom is -0.456 e. The Morgan fingerprint density at radius 2 is 1.86 bits per heavy atom. The number of pyridine rings is 1. The van der Waals surface area contributed by atoms with Crippen LogP contribution in [0.1, 0.15) is 12.0 Å². The van der Waals surface area contributed by atoms with Crippen molar-refractivity contribution in [3.05, 3.63) is 60.3 Å². The Bertz CT molecular complexity index is 785. The van der Waals surface area contributed by atoms with E-state index in [1.165, 1.54) is 18.2 Å². The molecule has 3 aromatic rings. The molecule has 0 unspecified atom stereocenters. The first-order valence-electron chi connectivity index (χ1n) is 6.34. The number of hydrogen-bond donors (Lipinski definition) is 1. The first-order chi connectivity index (χ1) is 10.1. The molecule has 2 N–H and O–H groups in total. The third-order valence-corrected chi connectivity index (χ3v) is 3.09. The molecule has 1 aromatic heterocycles. The third-order valence-electron chi connectivity index (χ3n) is 3.09. The van der Waals surface area contributed by atoms with Gasteiger partial charge in [-0.15, -0.1) is 0 Å². The zero-order valence-electron chi connectivity index (χ0n) is 11.0. The van der Waals surface area contributed by atoms with E-state index in [2.05, 4.69) is 4.98 Å². The van der Waals surface area contributed by atoms with Crippen LogP contribution in [0.2, 0.25) is 0 Å². The molecular formula is C16H12F2N2O. The fourth-order valence-electron chi connectivity index (χ4n) is 2.11. The smallest absolute Gasteiger partial charge is 0.267 e. The Hall–Kier alpha value is -2.69. The van der Waals surface area contributed by atoms with Crippen molar-refractivity contribution in [2.24, 2.45) is 0 Å². The van der Waals surface area contributed by atoms with Crippen molar-refractivity contribution in [1.82, 2.24) is 4.98 Å². The van der Waals surface area contributed by atoms with Crippen LogP contribution in [0.25, 0.3) is 10.9 Å². The average Bonchev–Trinajstić information content (AvgIpc) is 2.49. The van der Waals surface area contributed by atoms with E-state index in [9.17, 15) is 8.78 Å². The zero-order chi connectivity index (χ0) is 14.8. The lowest BCUT2D eigenvalue weighted by Gasteiger charge is -2.13. The normalized spacial score (nSPS) is 11.0. The quantitative estimate of drug-likeness (QED) is 0.719. The maximum absolute atomic E-state index is 13.1. The molecule has 0 radical (unpaired) electrons. The molecule has 0 saturated carbocycles. The molecule has 106 valence electrons. The Kier molecular flexibility index (Phi) is 3.39. The topological polar surface area (TPSA) is 48.1 Å². The van der Waals surface area contributed by atoms with E-state index in [0.717, 1.165) is 10.9 Å². The molecule has 21 heavy (non-hydrogen) atoms. The molecule has 3 nitrogen and oxygen atoms in total. The molecule has 1 heterocycles. The van der Waals surface area contributed by atoms with Crippen molar-refractivity contribution in [2.75, 3.05) is 5.73 Å². The fraction of sp³-hybridized carbons (Fsp3) is 0.0625. The molecule has 0 fully saturated rings. The molecule has 0 saturated heterocycles. The summed E-state index contributed by atoms with van der Waals surface area (Å²) in [4.78, 5) is 4.21. The van der Waals surface area contributed by atoms with Gasteiger partial charge in [-0.05, 0) is 42.5 Å². The van der Waals surface area contributed by atoms with Gasteiger partial charge in [-0.25, -0.2) is 8.78 Å². The van der Waals surface area contributed by atoms with Gasteiger partial charge in [0.2, 0.25) is 0 Å². The summed E-state index contributed by atoms with van der Waals surface area (Å²) in [6.45, 7) is 0. The van der Waals surface area contributed by atoms with E-state index in [0.29, 0.717) is 5.75 Å². The molecule has 0 bridgehead atoms. The highest BCUT2D eigenvalue weighted by molar-refractivity contribution is 5.85. The van der Waals surface area contributed by atoms with Gasteiger partial charge in [0.25, 0.3) is 6.43 Å². The molecule has 0 aliphatic rings. The number of benzene rings is 2. The molecule has 3 rings (SSSR count). The van der Waals surface area contributed by atoms with E-state index in [1.54, 1.807) is 24.4 Å². The highest BCUT2D eigenvalue weighted by Crippen LogP contribution is 2.36. The van der Waals surface area contributed by atoms with Crippen LogP contribution in [-0.4, -0.2) is 4.98 Å². The summed E-state index contributed by atoms with van der Waals surface area (Å²) in [7, 11) is 0.